The summed E-state index contributed by atoms with van der Waals surface area (Å²) in [5.41, 5.74) is 0. The molecule has 1 heterocycles. The van der Waals surface area contributed by atoms with Crippen molar-refractivity contribution in [1.29, 1.82) is 0 Å². The van der Waals surface area contributed by atoms with Gasteiger partial charge in [0.25, 0.3) is 0 Å². The molecular formula is C74H142N6O9. The number of hydrogen-bond acceptors (Lipinski definition) is 15. The lowest BCUT2D eigenvalue weighted by molar-refractivity contribution is -0.144. The first kappa shape index (κ1) is 83.7. The van der Waals surface area contributed by atoms with Crippen molar-refractivity contribution < 1.29 is 42.8 Å². The van der Waals surface area contributed by atoms with Gasteiger partial charge in [-0.25, -0.2) is 0 Å². The molecule has 15 heteroatoms. The molecule has 0 aromatic carbocycles. The first-order valence-electron chi connectivity index (χ1n) is 37.8. The second kappa shape index (κ2) is 66.2. The summed E-state index contributed by atoms with van der Waals surface area (Å²) in [7, 11) is 4.64. The number of rotatable bonds is 71. The van der Waals surface area contributed by atoms with Gasteiger partial charge in [0.15, 0.2) is 20.2 Å². The van der Waals surface area contributed by atoms with Crippen molar-refractivity contribution in [2.24, 2.45) is 0 Å². The van der Waals surface area contributed by atoms with Crippen LogP contribution in [-0.2, 0) is 42.8 Å². The quantitative estimate of drug-likeness (QED) is 0.0263. The van der Waals surface area contributed by atoms with Crippen molar-refractivity contribution in [3.8, 4) is 0 Å². The number of esters is 3. The van der Waals surface area contributed by atoms with Crippen LogP contribution in [0.3, 0.4) is 0 Å². The molecule has 0 amide bonds. The van der Waals surface area contributed by atoms with Crippen LogP contribution in [-0.4, -0.2) is 94.6 Å². The molecule has 1 aromatic heterocycles. The molecule has 1 rings (SSSR count). The molecule has 0 spiro atoms. The fraction of sp³-hybridized carbons (Fsp3) is 0.919. The van der Waals surface area contributed by atoms with Crippen LogP contribution in [0.15, 0.2) is 0 Å². The van der Waals surface area contributed by atoms with Gasteiger partial charge in [0.1, 0.15) is 20.2 Å². The van der Waals surface area contributed by atoms with E-state index in [-0.39, 0.29) is 76.1 Å². The molecule has 15 nitrogen and oxygen atoms in total. The molecule has 0 aliphatic heterocycles. The Morgan fingerprint density at radius 2 is 0.382 bits per heavy atom. The summed E-state index contributed by atoms with van der Waals surface area (Å²) in [6, 6.07) is 0. The number of carbonyl (C=O) groups excluding carboxylic acids is 3. The molecule has 0 saturated carbocycles. The summed E-state index contributed by atoms with van der Waals surface area (Å²) in [4.78, 5) is 58.6. The van der Waals surface area contributed by atoms with E-state index in [2.05, 4.69) is 20.8 Å². The first-order valence-corrected chi connectivity index (χ1v) is 37.8. The van der Waals surface area contributed by atoms with E-state index in [1.807, 2.05) is 0 Å². The molecule has 0 aliphatic rings. The summed E-state index contributed by atoms with van der Waals surface area (Å²) in [6.07, 6.45) is 68.8. The van der Waals surface area contributed by atoms with Crippen molar-refractivity contribution >= 4 is 35.8 Å². The second-order valence-electron chi connectivity index (χ2n) is 26.0. The Labute approximate surface area is 547 Å². The van der Waals surface area contributed by atoms with E-state index in [0.29, 0.717) is 19.3 Å². The number of anilines is 3. The highest BCUT2D eigenvalue weighted by Gasteiger charge is 2.23. The maximum absolute atomic E-state index is 13.2. The zero-order chi connectivity index (χ0) is 64.4. The minimum atomic E-state index is -0.313. The molecule has 0 atom stereocenters. The van der Waals surface area contributed by atoms with E-state index in [0.717, 1.165) is 57.8 Å². The predicted octanol–water partition coefficient (Wildman–Crippen LogP) is 21.5. The van der Waals surface area contributed by atoms with Gasteiger partial charge in [-0.15, -0.1) is 0 Å². The van der Waals surface area contributed by atoms with Gasteiger partial charge < -0.3 is 28.4 Å². The maximum atomic E-state index is 13.2. The minimum Gasteiger partial charge on any atom is -0.444 e. The van der Waals surface area contributed by atoms with Gasteiger partial charge in [-0.1, -0.05) is 342 Å². The van der Waals surface area contributed by atoms with Crippen LogP contribution in [0.2, 0.25) is 0 Å². The summed E-state index contributed by atoms with van der Waals surface area (Å²) < 4.78 is 34.2. The van der Waals surface area contributed by atoms with Gasteiger partial charge in [0.2, 0.25) is 17.8 Å². The molecule has 0 saturated heterocycles. The van der Waals surface area contributed by atoms with E-state index in [4.69, 9.17) is 43.4 Å². The standard InChI is InChI=1S/C74H142N6O9/c1-7-10-13-16-19-22-25-28-31-34-35-38-41-44-47-50-53-56-59-62-71(83)89-68-80(65-86-6)74-76-72(78(63-84-4)66-87-69(81)60-57-54-51-48-45-42-39-36-32-29-26-23-20-17-14-11-8-2)75-73(77-74)79(64-85-5)67-88-70(82)61-58-55-52-49-46-43-40-37-33-30-27-24-21-18-15-12-9-3/h7-68H2,1-6H3. The maximum Gasteiger partial charge on any atom is 0.307 e. The SMILES string of the molecule is CCCCCCCCCCCCCCCCCCCCCC(=O)OCN(COC)c1nc(N(COC)COC(=O)CCCCCCCCCCCCCCCCCCC)nc(N(COC)COC(=O)CCCCCCCCCCCCCCCCCCC)n1. The summed E-state index contributed by atoms with van der Waals surface area (Å²) in [5, 5.41) is 0. The van der Waals surface area contributed by atoms with Crippen LogP contribution in [0, 0.1) is 0 Å². The second-order valence-corrected chi connectivity index (χ2v) is 26.0. The smallest absolute Gasteiger partial charge is 0.307 e. The fourth-order valence-corrected chi connectivity index (χ4v) is 11.7. The van der Waals surface area contributed by atoms with Crippen LogP contribution < -0.4 is 14.7 Å². The van der Waals surface area contributed by atoms with Crippen molar-refractivity contribution in [2.45, 2.75) is 380 Å². The third-order valence-corrected chi connectivity index (χ3v) is 17.4. The van der Waals surface area contributed by atoms with Gasteiger partial charge in [-0.05, 0) is 19.3 Å². The molecule has 0 aliphatic carbocycles. The fourth-order valence-electron chi connectivity index (χ4n) is 11.7. The molecule has 89 heavy (non-hydrogen) atoms. The lowest BCUT2D eigenvalue weighted by Crippen LogP contribution is -2.37. The monoisotopic (exact) mass is 1260 g/mol. The minimum absolute atomic E-state index is 0.00727. The van der Waals surface area contributed by atoms with Crippen molar-refractivity contribution in [1.82, 2.24) is 15.0 Å². The molecule has 0 radical (unpaired) electrons. The summed E-state index contributed by atoms with van der Waals surface area (Å²) >= 11 is 0. The number of unbranched alkanes of at least 4 members (excludes halogenated alkanes) is 50. The third kappa shape index (κ3) is 53.9. The van der Waals surface area contributed by atoms with E-state index in [1.165, 1.54) is 283 Å². The van der Waals surface area contributed by atoms with Crippen LogP contribution in [0.4, 0.5) is 17.8 Å². The average molecular weight is 1260 g/mol. The Kier molecular flexibility index (Phi) is 62.2. The topological polar surface area (TPSA) is 155 Å². The number of hydrogen-bond donors (Lipinski definition) is 0. The molecule has 0 bridgehead atoms. The molecular weight excluding hydrogens is 1120 g/mol. The number of aromatic nitrogens is 3. The summed E-state index contributed by atoms with van der Waals surface area (Å²) in [5.74, 6) is -0.536. The largest absolute Gasteiger partial charge is 0.444 e. The van der Waals surface area contributed by atoms with Crippen LogP contribution in [0.5, 0.6) is 0 Å². The Morgan fingerprint density at radius 3 is 0.528 bits per heavy atom. The third-order valence-electron chi connectivity index (χ3n) is 17.4. The Hall–Kier alpha value is -3.30. The van der Waals surface area contributed by atoms with Gasteiger partial charge in [-0.3, -0.25) is 29.1 Å². The van der Waals surface area contributed by atoms with Gasteiger partial charge >= 0.3 is 17.9 Å². The Bertz CT molecular complexity index is 1610. The Morgan fingerprint density at radius 1 is 0.236 bits per heavy atom. The van der Waals surface area contributed by atoms with E-state index >= 15 is 0 Å². The molecule has 0 N–H and O–H groups in total. The van der Waals surface area contributed by atoms with Crippen LogP contribution in [0.1, 0.15) is 380 Å². The zero-order valence-electron chi connectivity index (χ0n) is 59.2. The number of carbonyl (C=O) groups is 3. The zero-order valence-corrected chi connectivity index (χ0v) is 59.2. The van der Waals surface area contributed by atoms with Gasteiger partial charge in [0, 0.05) is 40.6 Å². The van der Waals surface area contributed by atoms with Gasteiger partial charge in [0.05, 0.1) is 0 Å². The molecule has 0 fully saturated rings. The Balaban J connectivity index is 2.78. The van der Waals surface area contributed by atoms with Crippen molar-refractivity contribution in [2.75, 3.05) is 76.4 Å². The molecule has 522 valence electrons. The number of ether oxygens (including phenoxy) is 6. The predicted molar refractivity (Wildman–Crippen MR) is 371 cm³/mol. The van der Waals surface area contributed by atoms with Gasteiger partial charge in [-0.2, -0.15) is 15.0 Å². The number of methoxy groups -OCH3 is 3. The van der Waals surface area contributed by atoms with Crippen molar-refractivity contribution in [3.63, 3.8) is 0 Å². The highest BCUT2D eigenvalue weighted by Crippen LogP contribution is 2.23. The molecule has 0 unspecified atom stereocenters. The first-order chi connectivity index (χ1) is 43.8. The van der Waals surface area contributed by atoms with Crippen LogP contribution in [0.25, 0.3) is 0 Å². The average Bonchev–Trinajstić information content (AvgIpc) is 1.67. The van der Waals surface area contributed by atoms with E-state index in [1.54, 1.807) is 36.0 Å². The lowest BCUT2D eigenvalue weighted by Gasteiger charge is -2.27. The number of nitrogens with zero attached hydrogens (tertiary/aromatic N) is 6. The van der Waals surface area contributed by atoms with E-state index < -0.39 is 0 Å². The van der Waals surface area contributed by atoms with Crippen LogP contribution >= 0.6 is 0 Å². The van der Waals surface area contributed by atoms with Crippen molar-refractivity contribution in [3.05, 3.63) is 0 Å². The highest BCUT2D eigenvalue weighted by atomic mass is 16.6. The highest BCUT2D eigenvalue weighted by molar-refractivity contribution is 5.70. The molecule has 1 aromatic rings. The van der Waals surface area contributed by atoms with E-state index in [9.17, 15) is 14.4 Å². The summed E-state index contributed by atoms with van der Waals surface area (Å²) in [6.45, 7) is 6.29. The lowest BCUT2D eigenvalue weighted by atomic mass is 10.0. The normalized spacial score (nSPS) is 11.4.